The van der Waals surface area contributed by atoms with E-state index in [1.165, 1.54) is 19.2 Å². The van der Waals surface area contributed by atoms with E-state index in [9.17, 15) is 22.8 Å². The smallest absolute Gasteiger partial charge is 0.433 e. The number of carbonyl (C=O) groups is 2. The molecule has 2 aromatic heterocycles. The molecule has 3 heterocycles. The second-order valence-electron chi connectivity index (χ2n) is 9.55. The summed E-state index contributed by atoms with van der Waals surface area (Å²) in [6.07, 6.45) is -2.85. The molecule has 2 fully saturated rings. The normalized spacial score (nSPS) is 17.2. The molecule has 12 heteroatoms. The van der Waals surface area contributed by atoms with Crippen LogP contribution in [-0.4, -0.2) is 64.9 Å². The van der Waals surface area contributed by atoms with Gasteiger partial charge in [-0.25, -0.2) is 9.97 Å². The number of pyridine rings is 1. The number of piperazine rings is 1. The monoisotopic (exact) mass is 517 g/mol. The fourth-order valence-corrected chi connectivity index (χ4v) is 4.52. The molecule has 0 radical (unpaired) electrons. The molecule has 0 spiro atoms. The van der Waals surface area contributed by atoms with Crippen molar-refractivity contribution in [2.45, 2.75) is 32.5 Å². The molecule has 1 saturated heterocycles. The van der Waals surface area contributed by atoms with Gasteiger partial charge >= 0.3 is 6.18 Å². The van der Waals surface area contributed by atoms with Gasteiger partial charge in [0.05, 0.1) is 13.7 Å². The number of alkyl halides is 3. The van der Waals surface area contributed by atoms with Gasteiger partial charge in [-0.3, -0.25) is 9.59 Å². The highest BCUT2D eigenvalue weighted by atomic mass is 19.4. The number of methoxy groups -OCH3 is 1. The molecular weight excluding hydrogens is 491 g/mol. The first-order valence-corrected chi connectivity index (χ1v) is 11.9. The number of benzene rings is 1. The number of nitrogens with two attached hydrogens (primary N) is 1. The molecule has 3 aromatic rings. The molecule has 2 aliphatic rings. The van der Waals surface area contributed by atoms with Crippen LogP contribution in [0.25, 0.3) is 22.4 Å². The van der Waals surface area contributed by atoms with E-state index in [-0.39, 0.29) is 52.4 Å². The zero-order valence-corrected chi connectivity index (χ0v) is 20.4. The standard InChI is InChI=1S/C25H26F3N5O4/c1-24(7-8-24)23(35)33-11-9-32(10-12-33)22(34)20-17(13-29)37-21(31-20)15-3-5-16(36-2)19-14(15)4-6-18(30-19)25(26,27)28/h3-6H,7-13,29H2,1-2H3. The van der Waals surface area contributed by atoms with Crippen LogP contribution in [-0.2, 0) is 17.5 Å². The number of nitrogens with zero attached hydrogens (tertiary/aromatic N) is 4. The van der Waals surface area contributed by atoms with Crippen LogP contribution in [0, 0.1) is 5.41 Å². The number of fused-ring (bicyclic) bond motifs is 1. The number of rotatable bonds is 5. The lowest BCUT2D eigenvalue weighted by Crippen LogP contribution is -2.52. The first-order chi connectivity index (χ1) is 17.6. The molecule has 1 aliphatic heterocycles. The Morgan fingerprint density at radius 2 is 1.76 bits per heavy atom. The number of carbonyl (C=O) groups excluding carboxylic acids is 2. The van der Waals surface area contributed by atoms with Crippen molar-refractivity contribution >= 4 is 22.7 Å². The largest absolute Gasteiger partial charge is 0.494 e. The van der Waals surface area contributed by atoms with Gasteiger partial charge < -0.3 is 24.7 Å². The summed E-state index contributed by atoms with van der Waals surface area (Å²) in [5, 5.41) is 0.317. The predicted molar refractivity (Wildman–Crippen MR) is 127 cm³/mol. The molecule has 1 aromatic carbocycles. The number of hydrogen-bond donors (Lipinski definition) is 1. The Kier molecular flexibility index (Phi) is 6.09. The summed E-state index contributed by atoms with van der Waals surface area (Å²) in [5.41, 5.74) is 4.88. The summed E-state index contributed by atoms with van der Waals surface area (Å²) in [7, 11) is 1.34. The van der Waals surface area contributed by atoms with Crippen molar-refractivity contribution in [3.63, 3.8) is 0 Å². The minimum atomic E-state index is -4.63. The SMILES string of the molecule is COc1ccc(-c2nc(C(=O)N3CCN(C(=O)C4(C)CC4)CC3)c(CN)o2)c2ccc(C(F)(F)F)nc12. The van der Waals surface area contributed by atoms with E-state index in [1.807, 2.05) is 6.92 Å². The zero-order valence-electron chi connectivity index (χ0n) is 20.4. The van der Waals surface area contributed by atoms with E-state index < -0.39 is 11.9 Å². The fraction of sp³-hybridized carbons (Fsp3) is 0.440. The Morgan fingerprint density at radius 1 is 1.08 bits per heavy atom. The van der Waals surface area contributed by atoms with Gasteiger partial charge in [-0.1, -0.05) is 6.92 Å². The summed E-state index contributed by atoms with van der Waals surface area (Å²) < 4.78 is 50.8. The Balaban J connectivity index is 1.44. The van der Waals surface area contributed by atoms with Crippen LogP contribution in [0.4, 0.5) is 13.2 Å². The maximum atomic E-state index is 13.3. The predicted octanol–water partition coefficient (Wildman–Crippen LogP) is 3.46. The lowest BCUT2D eigenvalue weighted by molar-refractivity contribution is -0.141. The van der Waals surface area contributed by atoms with Gasteiger partial charge in [0.25, 0.3) is 5.91 Å². The molecular formula is C25H26F3N5O4. The maximum absolute atomic E-state index is 13.3. The lowest BCUT2D eigenvalue weighted by Gasteiger charge is -2.35. The van der Waals surface area contributed by atoms with Crippen molar-refractivity contribution in [2.24, 2.45) is 11.1 Å². The fourth-order valence-electron chi connectivity index (χ4n) is 4.52. The molecule has 9 nitrogen and oxygen atoms in total. The highest BCUT2D eigenvalue weighted by Gasteiger charge is 2.47. The van der Waals surface area contributed by atoms with E-state index in [0.29, 0.717) is 37.1 Å². The second-order valence-corrected chi connectivity index (χ2v) is 9.55. The summed E-state index contributed by atoms with van der Waals surface area (Å²) in [6.45, 7) is 3.41. The lowest BCUT2D eigenvalue weighted by atomic mass is 10.1. The topological polar surface area (TPSA) is 115 Å². The van der Waals surface area contributed by atoms with E-state index in [0.717, 1.165) is 18.9 Å². The van der Waals surface area contributed by atoms with Crippen LogP contribution in [0.5, 0.6) is 5.75 Å². The number of ether oxygens (including phenoxy) is 1. The van der Waals surface area contributed by atoms with Crippen molar-refractivity contribution in [2.75, 3.05) is 33.3 Å². The Hall–Kier alpha value is -3.67. The van der Waals surface area contributed by atoms with E-state index >= 15 is 0 Å². The minimum absolute atomic E-state index is 0.0136. The molecule has 1 aliphatic carbocycles. The summed E-state index contributed by atoms with van der Waals surface area (Å²) >= 11 is 0. The molecule has 37 heavy (non-hydrogen) atoms. The van der Waals surface area contributed by atoms with Gasteiger partial charge in [-0.05, 0) is 37.1 Å². The second kappa shape index (κ2) is 9.02. The molecule has 0 unspecified atom stereocenters. The zero-order chi connectivity index (χ0) is 26.5. The van der Waals surface area contributed by atoms with Crippen LogP contribution < -0.4 is 10.5 Å². The number of aromatic nitrogens is 2. The van der Waals surface area contributed by atoms with Crippen LogP contribution in [0.1, 0.15) is 41.7 Å². The van der Waals surface area contributed by atoms with Gasteiger partial charge in [0, 0.05) is 42.5 Å². The van der Waals surface area contributed by atoms with Gasteiger partial charge in [0.2, 0.25) is 11.8 Å². The molecule has 1 saturated carbocycles. The highest BCUT2D eigenvalue weighted by Crippen LogP contribution is 2.46. The van der Waals surface area contributed by atoms with E-state index in [1.54, 1.807) is 15.9 Å². The van der Waals surface area contributed by atoms with Crippen molar-refractivity contribution < 1.29 is 31.9 Å². The highest BCUT2D eigenvalue weighted by molar-refractivity contribution is 5.98. The quantitative estimate of drug-likeness (QED) is 0.551. The summed E-state index contributed by atoms with van der Waals surface area (Å²) in [4.78, 5) is 37.5. The molecule has 0 bridgehead atoms. The Labute approximate surface area is 210 Å². The van der Waals surface area contributed by atoms with E-state index in [4.69, 9.17) is 14.9 Å². The van der Waals surface area contributed by atoms with Crippen molar-refractivity contribution in [3.8, 4) is 17.2 Å². The number of oxazole rings is 1. The summed E-state index contributed by atoms with van der Waals surface area (Å²) in [5.74, 6) is 0.0932. The molecule has 2 amide bonds. The third-order valence-electron chi connectivity index (χ3n) is 7.02. The van der Waals surface area contributed by atoms with Gasteiger partial charge in [0.1, 0.15) is 17.0 Å². The molecule has 196 valence electrons. The number of halogens is 3. The van der Waals surface area contributed by atoms with Gasteiger partial charge in [0.15, 0.2) is 11.5 Å². The Bertz CT molecular complexity index is 1370. The van der Waals surface area contributed by atoms with Crippen LogP contribution >= 0.6 is 0 Å². The van der Waals surface area contributed by atoms with Crippen LogP contribution in [0.3, 0.4) is 0 Å². The molecule has 5 rings (SSSR count). The third-order valence-corrected chi connectivity index (χ3v) is 7.02. The van der Waals surface area contributed by atoms with Crippen molar-refractivity contribution in [1.29, 1.82) is 0 Å². The first-order valence-electron chi connectivity index (χ1n) is 11.9. The molecule has 2 N–H and O–H groups in total. The third kappa shape index (κ3) is 4.50. The minimum Gasteiger partial charge on any atom is -0.494 e. The first kappa shape index (κ1) is 25.0. The summed E-state index contributed by atoms with van der Waals surface area (Å²) in [6, 6.07) is 5.19. The maximum Gasteiger partial charge on any atom is 0.433 e. The van der Waals surface area contributed by atoms with Gasteiger partial charge in [-0.2, -0.15) is 13.2 Å². The van der Waals surface area contributed by atoms with Crippen molar-refractivity contribution in [1.82, 2.24) is 19.8 Å². The average molecular weight is 518 g/mol. The van der Waals surface area contributed by atoms with Crippen molar-refractivity contribution in [3.05, 3.63) is 41.4 Å². The number of amides is 2. The van der Waals surface area contributed by atoms with Gasteiger partial charge in [-0.15, -0.1) is 0 Å². The van der Waals surface area contributed by atoms with E-state index in [2.05, 4.69) is 9.97 Å². The van der Waals surface area contributed by atoms with Crippen LogP contribution in [0.15, 0.2) is 28.7 Å². The Morgan fingerprint density at radius 3 is 2.35 bits per heavy atom. The molecule has 0 atom stereocenters. The van der Waals surface area contributed by atoms with Crippen LogP contribution in [0.2, 0.25) is 0 Å². The number of hydrogen-bond acceptors (Lipinski definition) is 7. The average Bonchev–Trinajstić information content (AvgIpc) is 3.50.